The summed E-state index contributed by atoms with van der Waals surface area (Å²) in [5.74, 6) is -1.47. The molecule has 0 radical (unpaired) electrons. The molecule has 1 amide bonds. The molecule has 2 N–H and O–H groups in total. The van der Waals surface area contributed by atoms with Crippen LogP contribution >= 0.6 is 11.3 Å². The largest absolute Gasteiger partial charge is 0.477 e. The quantitative estimate of drug-likeness (QED) is 0.901. The lowest BCUT2D eigenvalue weighted by Crippen LogP contribution is -2.12. The summed E-state index contributed by atoms with van der Waals surface area (Å²) in [5, 5.41) is 20.6. The van der Waals surface area contributed by atoms with Crippen LogP contribution in [0.3, 0.4) is 0 Å². The van der Waals surface area contributed by atoms with Crippen molar-refractivity contribution in [2.45, 2.75) is 6.92 Å². The van der Waals surface area contributed by atoms with Gasteiger partial charge in [-0.1, -0.05) is 0 Å². The normalized spacial score (nSPS) is 9.80. The number of pyridine rings is 1. The van der Waals surface area contributed by atoms with Crippen molar-refractivity contribution in [1.29, 1.82) is 5.26 Å². The average Bonchev–Trinajstić information content (AvgIpc) is 2.79. The Hall–Kier alpha value is -2.72. The Labute approximate surface area is 118 Å². The second-order valence-electron chi connectivity index (χ2n) is 3.93. The van der Waals surface area contributed by atoms with E-state index in [4.69, 9.17) is 10.4 Å². The highest BCUT2D eigenvalue weighted by Crippen LogP contribution is 2.26. The number of hydrogen-bond acceptors (Lipinski definition) is 5. The molecule has 0 atom stereocenters. The van der Waals surface area contributed by atoms with Gasteiger partial charge >= 0.3 is 5.97 Å². The van der Waals surface area contributed by atoms with Crippen LogP contribution in [0.25, 0.3) is 0 Å². The van der Waals surface area contributed by atoms with E-state index in [-0.39, 0.29) is 10.6 Å². The Kier molecular flexibility index (Phi) is 3.77. The van der Waals surface area contributed by atoms with Crippen LogP contribution in [0.2, 0.25) is 0 Å². The molecule has 7 heteroatoms. The molecule has 0 aliphatic heterocycles. The topological polar surface area (TPSA) is 103 Å². The molecule has 6 nitrogen and oxygen atoms in total. The van der Waals surface area contributed by atoms with Gasteiger partial charge in [0.2, 0.25) is 0 Å². The molecule has 2 aromatic rings. The van der Waals surface area contributed by atoms with E-state index in [1.807, 2.05) is 6.07 Å². The van der Waals surface area contributed by atoms with Gasteiger partial charge in [0, 0.05) is 6.20 Å². The number of hydrogen-bond donors (Lipinski definition) is 2. The Morgan fingerprint density at radius 3 is 2.70 bits per heavy atom. The molecule has 0 unspecified atom stereocenters. The predicted molar refractivity (Wildman–Crippen MR) is 72.9 cm³/mol. The number of aromatic carboxylic acids is 1. The first kappa shape index (κ1) is 13.7. The van der Waals surface area contributed by atoms with Crippen LogP contribution in [-0.2, 0) is 0 Å². The molecule has 100 valence electrons. The molecule has 0 aliphatic rings. The van der Waals surface area contributed by atoms with E-state index in [2.05, 4.69) is 10.3 Å². The minimum atomic E-state index is -1.02. The average molecular weight is 287 g/mol. The number of aromatic nitrogens is 1. The molecule has 2 rings (SSSR count). The third-order valence-electron chi connectivity index (χ3n) is 2.47. The zero-order chi connectivity index (χ0) is 14.7. The molecule has 2 aromatic heterocycles. The zero-order valence-corrected chi connectivity index (χ0v) is 11.2. The van der Waals surface area contributed by atoms with Gasteiger partial charge in [-0.05, 0) is 30.7 Å². The smallest absolute Gasteiger partial charge is 0.346 e. The van der Waals surface area contributed by atoms with Crippen LogP contribution in [0, 0.1) is 18.3 Å². The van der Waals surface area contributed by atoms with E-state index >= 15 is 0 Å². The highest BCUT2D eigenvalue weighted by atomic mass is 32.1. The Morgan fingerprint density at radius 1 is 1.45 bits per heavy atom. The number of carboxylic acids is 1. The lowest BCUT2D eigenvalue weighted by Gasteiger charge is -2.01. The predicted octanol–water partition coefficient (Wildman–Crippen LogP) is 2.27. The Balaban J connectivity index is 2.17. The number of nitrogens with zero attached hydrogens (tertiary/aromatic N) is 2. The number of amides is 1. The van der Waals surface area contributed by atoms with Gasteiger partial charge in [0.1, 0.15) is 16.6 Å². The molecule has 0 bridgehead atoms. The SMILES string of the molecule is Cc1cc(NC(=O)c2ccc(C#N)cn2)sc1C(=O)O. The van der Waals surface area contributed by atoms with Gasteiger partial charge in [0.05, 0.1) is 10.6 Å². The van der Waals surface area contributed by atoms with Gasteiger partial charge < -0.3 is 10.4 Å². The van der Waals surface area contributed by atoms with Crippen molar-refractivity contribution in [3.05, 3.63) is 46.1 Å². The molecular weight excluding hydrogens is 278 g/mol. The molecule has 20 heavy (non-hydrogen) atoms. The van der Waals surface area contributed by atoms with Gasteiger partial charge in [-0.3, -0.25) is 4.79 Å². The third-order valence-corrected chi connectivity index (χ3v) is 3.61. The first-order chi connectivity index (χ1) is 9.51. The van der Waals surface area contributed by atoms with E-state index in [1.165, 1.54) is 18.3 Å². The van der Waals surface area contributed by atoms with E-state index in [1.54, 1.807) is 13.0 Å². The fourth-order valence-corrected chi connectivity index (χ4v) is 2.43. The summed E-state index contributed by atoms with van der Waals surface area (Å²) in [5.41, 5.74) is 1.11. The van der Waals surface area contributed by atoms with Crippen molar-refractivity contribution >= 4 is 28.2 Å². The van der Waals surface area contributed by atoms with Crippen molar-refractivity contribution in [2.24, 2.45) is 0 Å². The number of thiophene rings is 1. The van der Waals surface area contributed by atoms with Gasteiger partial charge in [0.25, 0.3) is 5.91 Å². The second-order valence-corrected chi connectivity index (χ2v) is 4.98. The fraction of sp³-hybridized carbons (Fsp3) is 0.0769. The molecule has 0 saturated heterocycles. The van der Waals surface area contributed by atoms with Crippen LogP contribution in [0.15, 0.2) is 24.4 Å². The van der Waals surface area contributed by atoms with Crippen molar-refractivity contribution in [3.8, 4) is 6.07 Å². The number of rotatable bonds is 3. The monoisotopic (exact) mass is 287 g/mol. The lowest BCUT2D eigenvalue weighted by atomic mass is 10.2. The number of nitriles is 1. The lowest BCUT2D eigenvalue weighted by molar-refractivity contribution is 0.0701. The molecule has 0 aliphatic carbocycles. The van der Waals surface area contributed by atoms with E-state index < -0.39 is 11.9 Å². The van der Waals surface area contributed by atoms with Crippen LogP contribution in [0.4, 0.5) is 5.00 Å². The Bertz CT molecular complexity index is 713. The van der Waals surface area contributed by atoms with Crippen molar-refractivity contribution < 1.29 is 14.7 Å². The van der Waals surface area contributed by atoms with Crippen LogP contribution < -0.4 is 5.32 Å². The van der Waals surface area contributed by atoms with E-state index in [0.29, 0.717) is 16.1 Å². The summed E-state index contributed by atoms with van der Waals surface area (Å²) < 4.78 is 0. The summed E-state index contributed by atoms with van der Waals surface area (Å²) in [7, 11) is 0. The highest BCUT2D eigenvalue weighted by Gasteiger charge is 2.15. The summed E-state index contributed by atoms with van der Waals surface area (Å²) in [6, 6.07) is 6.43. The summed E-state index contributed by atoms with van der Waals surface area (Å²) >= 11 is 0.987. The second kappa shape index (κ2) is 5.50. The van der Waals surface area contributed by atoms with E-state index in [0.717, 1.165) is 11.3 Å². The Morgan fingerprint density at radius 2 is 2.20 bits per heavy atom. The molecule has 0 aromatic carbocycles. The molecule has 0 fully saturated rings. The number of carbonyl (C=O) groups is 2. The standard InChI is InChI=1S/C13H9N3O3S/c1-7-4-10(20-11(7)13(18)19)16-12(17)9-3-2-8(5-14)6-15-9/h2-4,6H,1H3,(H,16,17)(H,18,19). The van der Waals surface area contributed by atoms with Gasteiger partial charge in [-0.25, -0.2) is 9.78 Å². The van der Waals surface area contributed by atoms with Crippen LogP contribution in [0.1, 0.15) is 31.3 Å². The molecule has 0 spiro atoms. The number of nitrogens with one attached hydrogen (secondary N) is 1. The summed E-state index contributed by atoms with van der Waals surface area (Å²) in [6.45, 7) is 1.66. The molecular formula is C13H9N3O3S. The number of anilines is 1. The summed E-state index contributed by atoms with van der Waals surface area (Å²) in [4.78, 5) is 26.9. The molecule has 0 saturated carbocycles. The number of carbonyl (C=O) groups excluding carboxylic acids is 1. The maximum absolute atomic E-state index is 11.9. The first-order valence-electron chi connectivity index (χ1n) is 5.52. The maximum atomic E-state index is 11.9. The van der Waals surface area contributed by atoms with Gasteiger partial charge in [0.15, 0.2) is 0 Å². The number of aryl methyl sites for hydroxylation is 1. The minimum absolute atomic E-state index is 0.159. The minimum Gasteiger partial charge on any atom is -0.477 e. The van der Waals surface area contributed by atoms with Gasteiger partial charge in [-0.15, -0.1) is 11.3 Å². The van der Waals surface area contributed by atoms with Crippen LogP contribution in [0.5, 0.6) is 0 Å². The van der Waals surface area contributed by atoms with Gasteiger partial charge in [-0.2, -0.15) is 5.26 Å². The fourth-order valence-electron chi connectivity index (χ4n) is 1.53. The summed E-state index contributed by atoms with van der Waals surface area (Å²) in [6.07, 6.45) is 1.30. The highest BCUT2D eigenvalue weighted by molar-refractivity contribution is 7.18. The van der Waals surface area contributed by atoms with Crippen molar-refractivity contribution in [1.82, 2.24) is 4.98 Å². The zero-order valence-electron chi connectivity index (χ0n) is 10.4. The van der Waals surface area contributed by atoms with Crippen molar-refractivity contribution in [2.75, 3.05) is 5.32 Å². The number of carboxylic acid groups (broad SMARTS) is 1. The third kappa shape index (κ3) is 2.81. The van der Waals surface area contributed by atoms with Crippen molar-refractivity contribution in [3.63, 3.8) is 0 Å². The van der Waals surface area contributed by atoms with E-state index in [9.17, 15) is 9.59 Å². The first-order valence-corrected chi connectivity index (χ1v) is 6.34. The van der Waals surface area contributed by atoms with Crippen LogP contribution in [-0.4, -0.2) is 22.0 Å². The maximum Gasteiger partial charge on any atom is 0.346 e. The molecule has 2 heterocycles.